The first-order valence-electron chi connectivity index (χ1n) is 6.81. The van der Waals surface area contributed by atoms with E-state index in [9.17, 15) is 17.6 Å². The molecule has 0 aromatic heterocycles. The molecule has 1 aliphatic rings. The predicted octanol–water partition coefficient (Wildman–Crippen LogP) is 1.59. The summed E-state index contributed by atoms with van der Waals surface area (Å²) in [6, 6.07) is 3.14. The first-order chi connectivity index (χ1) is 9.71. The number of nitrogens with zero attached hydrogens (tertiary/aromatic N) is 1. The van der Waals surface area contributed by atoms with Crippen molar-refractivity contribution < 1.29 is 17.6 Å². The Hall–Kier alpha value is -1.47. The fourth-order valence-corrected chi connectivity index (χ4v) is 4.51. The van der Waals surface area contributed by atoms with Crippen molar-refractivity contribution in [3.8, 4) is 0 Å². The molecule has 0 aliphatic carbocycles. The molecular formula is C14H19FN2O3S. The van der Waals surface area contributed by atoms with Gasteiger partial charge in [0.1, 0.15) is 5.82 Å². The second-order valence-electron chi connectivity index (χ2n) is 5.77. The van der Waals surface area contributed by atoms with Gasteiger partial charge in [-0.1, -0.05) is 13.8 Å². The van der Waals surface area contributed by atoms with Crippen LogP contribution in [0.2, 0.25) is 0 Å². The number of benzene rings is 1. The average molecular weight is 314 g/mol. The summed E-state index contributed by atoms with van der Waals surface area (Å²) >= 11 is 0. The van der Waals surface area contributed by atoms with Gasteiger partial charge < -0.3 is 5.73 Å². The van der Waals surface area contributed by atoms with E-state index in [1.807, 2.05) is 13.8 Å². The Morgan fingerprint density at radius 3 is 2.38 bits per heavy atom. The highest BCUT2D eigenvalue weighted by molar-refractivity contribution is 7.89. The first kappa shape index (κ1) is 15.9. The fourth-order valence-electron chi connectivity index (χ4n) is 2.80. The summed E-state index contributed by atoms with van der Waals surface area (Å²) in [4.78, 5) is 11.1. The summed E-state index contributed by atoms with van der Waals surface area (Å²) in [5, 5.41) is 0. The van der Waals surface area contributed by atoms with E-state index < -0.39 is 27.3 Å². The van der Waals surface area contributed by atoms with Crippen LogP contribution in [-0.4, -0.2) is 31.7 Å². The molecule has 0 radical (unpaired) electrons. The third kappa shape index (κ3) is 3.24. The zero-order valence-electron chi connectivity index (χ0n) is 12.0. The van der Waals surface area contributed by atoms with Crippen molar-refractivity contribution in [2.75, 3.05) is 13.1 Å². The largest absolute Gasteiger partial charge is 0.366 e. The highest BCUT2D eigenvalue weighted by Crippen LogP contribution is 2.27. The summed E-state index contributed by atoms with van der Waals surface area (Å²) in [6.07, 6.45) is 0.974. The molecular weight excluding hydrogens is 295 g/mol. The molecule has 1 heterocycles. The third-order valence-electron chi connectivity index (χ3n) is 3.68. The van der Waals surface area contributed by atoms with E-state index in [0.29, 0.717) is 13.1 Å². The van der Waals surface area contributed by atoms with Crippen molar-refractivity contribution in [2.24, 2.45) is 17.6 Å². The van der Waals surface area contributed by atoms with Gasteiger partial charge >= 0.3 is 0 Å². The van der Waals surface area contributed by atoms with E-state index in [2.05, 4.69) is 0 Å². The van der Waals surface area contributed by atoms with Gasteiger partial charge in [-0.15, -0.1) is 0 Å². The van der Waals surface area contributed by atoms with Crippen molar-refractivity contribution >= 4 is 15.9 Å². The van der Waals surface area contributed by atoms with Gasteiger partial charge in [0.15, 0.2) is 0 Å². The van der Waals surface area contributed by atoms with Gasteiger partial charge in [0.2, 0.25) is 10.0 Å². The van der Waals surface area contributed by atoms with Crippen molar-refractivity contribution in [3.63, 3.8) is 0 Å². The maximum absolute atomic E-state index is 13.5. The number of primary amides is 1. The lowest BCUT2D eigenvalue weighted by Crippen LogP contribution is -2.42. The quantitative estimate of drug-likeness (QED) is 0.920. The van der Waals surface area contributed by atoms with Crippen molar-refractivity contribution in [1.82, 2.24) is 4.31 Å². The minimum absolute atomic E-state index is 0.0981. The number of sulfonamides is 1. The minimum atomic E-state index is -3.74. The fraction of sp³-hybridized carbons (Fsp3) is 0.500. The van der Waals surface area contributed by atoms with Gasteiger partial charge in [-0.2, -0.15) is 4.31 Å². The van der Waals surface area contributed by atoms with Gasteiger partial charge in [0.25, 0.3) is 5.91 Å². The Balaban J connectivity index is 2.40. The lowest BCUT2D eigenvalue weighted by Gasteiger charge is -2.34. The smallest absolute Gasteiger partial charge is 0.251 e. The van der Waals surface area contributed by atoms with E-state index in [1.165, 1.54) is 10.4 Å². The Bertz CT molecular complexity index is 650. The number of hydrogen-bond acceptors (Lipinski definition) is 3. The Morgan fingerprint density at radius 2 is 1.86 bits per heavy atom. The molecule has 1 aromatic rings. The Labute approximate surface area is 124 Å². The number of amides is 1. The van der Waals surface area contributed by atoms with Crippen LogP contribution >= 0.6 is 0 Å². The summed E-state index contributed by atoms with van der Waals surface area (Å²) in [5.41, 5.74) is 4.65. The highest BCUT2D eigenvalue weighted by atomic mass is 32.2. The number of hydrogen-bond donors (Lipinski definition) is 1. The summed E-state index contributed by atoms with van der Waals surface area (Å²) in [5.74, 6) is -1.27. The topological polar surface area (TPSA) is 80.5 Å². The summed E-state index contributed by atoms with van der Waals surface area (Å²) < 4.78 is 40.1. The van der Waals surface area contributed by atoms with Crippen molar-refractivity contribution in [3.05, 3.63) is 29.6 Å². The molecule has 1 fully saturated rings. The van der Waals surface area contributed by atoms with Crippen LogP contribution in [0.15, 0.2) is 23.1 Å². The van der Waals surface area contributed by atoms with Crippen LogP contribution in [0.25, 0.3) is 0 Å². The lowest BCUT2D eigenvalue weighted by atomic mass is 9.94. The number of halogens is 1. The number of carbonyl (C=O) groups excluding carboxylic acids is 1. The second-order valence-corrected chi connectivity index (χ2v) is 7.71. The molecule has 7 heteroatoms. The second kappa shape index (κ2) is 5.73. The molecule has 1 aromatic carbocycles. The number of carbonyl (C=O) groups is 1. The van der Waals surface area contributed by atoms with Gasteiger partial charge in [0.05, 0.1) is 10.5 Å². The standard InChI is InChI=1S/C14H19FN2O3S/c1-9-5-10(2)8-17(7-9)21(19,20)11-3-4-13(15)12(6-11)14(16)18/h3-4,6,9-10H,5,7-8H2,1-2H3,(H2,16,18). The molecule has 2 atom stereocenters. The normalized spacial score (nSPS) is 24.0. The average Bonchev–Trinajstić information content (AvgIpc) is 2.37. The van der Waals surface area contributed by atoms with Crippen LogP contribution in [0.1, 0.15) is 30.6 Å². The zero-order valence-corrected chi connectivity index (χ0v) is 12.9. The molecule has 0 saturated carbocycles. The van der Waals surface area contributed by atoms with Crippen LogP contribution < -0.4 is 5.73 Å². The van der Waals surface area contributed by atoms with Crippen LogP contribution in [0, 0.1) is 17.7 Å². The molecule has 0 spiro atoms. The maximum Gasteiger partial charge on any atom is 0.251 e. The molecule has 0 bridgehead atoms. The van der Waals surface area contributed by atoms with E-state index >= 15 is 0 Å². The number of piperidine rings is 1. The Morgan fingerprint density at radius 1 is 1.29 bits per heavy atom. The summed E-state index contributed by atoms with van der Waals surface area (Å²) in [7, 11) is -3.74. The monoisotopic (exact) mass is 314 g/mol. The molecule has 2 N–H and O–H groups in total. The lowest BCUT2D eigenvalue weighted by molar-refractivity contribution is 0.0996. The van der Waals surface area contributed by atoms with Gasteiger partial charge in [-0.25, -0.2) is 12.8 Å². The van der Waals surface area contributed by atoms with Crippen molar-refractivity contribution in [1.29, 1.82) is 0 Å². The molecule has 1 aliphatic heterocycles. The minimum Gasteiger partial charge on any atom is -0.366 e. The van der Waals surface area contributed by atoms with Crippen LogP contribution in [0.5, 0.6) is 0 Å². The molecule has 5 nitrogen and oxygen atoms in total. The molecule has 21 heavy (non-hydrogen) atoms. The number of rotatable bonds is 3. The molecule has 116 valence electrons. The van der Waals surface area contributed by atoms with E-state index in [0.717, 1.165) is 18.6 Å². The van der Waals surface area contributed by atoms with Crippen LogP contribution in [0.4, 0.5) is 4.39 Å². The van der Waals surface area contributed by atoms with Gasteiger partial charge in [-0.3, -0.25) is 4.79 Å². The van der Waals surface area contributed by atoms with E-state index in [1.54, 1.807) is 0 Å². The highest BCUT2D eigenvalue weighted by Gasteiger charge is 2.32. The van der Waals surface area contributed by atoms with Gasteiger partial charge in [0, 0.05) is 13.1 Å². The van der Waals surface area contributed by atoms with E-state index in [4.69, 9.17) is 5.73 Å². The third-order valence-corrected chi connectivity index (χ3v) is 5.50. The molecule has 1 saturated heterocycles. The summed E-state index contributed by atoms with van der Waals surface area (Å²) in [6.45, 7) is 4.85. The SMILES string of the molecule is CC1CC(C)CN(S(=O)(=O)c2ccc(F)c(C(N)=O)c2)C1. The maximum atomic E-state index is 13.5. The van der Waals surface area contributed by atoms with E-state index in [-0.39, 0.29) is 16.7 Å². The van der Waals surface area contributed by atoms with Crippen LogP contribution in [0.3, 0.4) is 0 Å². The van der Waals surface area contributed by atoms with Gasteiger partial charge in [-0.05, 0) is 36.5 Å². The zero-order chi connectivity index (χ0) is 15.8. The Kier molecular flexibility index (Phi) is 4.34. The molecule has 2 unspecified atom stereocenters. The van der Waals surface area contributed by atoms with Crippen molar-refractivity contribution in [2.45, 2.75) is 25.2 Å². The molecule has 1 amide bonds. The first-order valence-corrected chi connectivity index (χ1v) is 8.25. The predicted molar refractivity (Wildman–Crippen MR) is 76.6 cm³/mol. The van der Waals surface area contributed by atoms with Crippen LogP contribution in [-0.2, 0) is 10.0 Å². The molecule has 2 rings (SSSR count). The number of nitrogens with two attached hydrogens (primary N) is 1.